The highest BCUT2D eigenvalue weighted by atomic mass is 19.4. The van der Waals surface area contributed by atoms with Crippen molar-refractivity contribution in [2.75, 3.05) is 24.6 Å². The van der Waals surface area contributed by atoms with Crippen LogP contribution >= 0.6 is 0 Å². The molecule has 1 aromatic heterocycles. The Morgan fingerprint density at radius 2 is 2.00 bits per heavy atom. The van der Waals surface area contributed by atoms with E-state index < -0.39 is 35.4 Å². The Bertz CT molecular complexity index is 997. The molecule has 172 valence electrons. The molecule has 0 spiro atoms. The van der Waals surface area contributed by atoms with Crippen molar-refractivity contribution in [2.24, 2.45) is 0 Å². The summed E-state index contributed by atoms with van der Waals surface area (Å²) < 4.78 is 58.3. The first-order valence-electron chi connectivity index (χ1n) is 10.2. The Balaban J connectivity index is 1.83. The molecule has 1 aliphatic rings. The molecule has 1 fully saturated rings. The van der Waals surface area contributed by atoms with Crippen molar-refractivity contribution in [3.05, 3.63) is 53.5 Å². The van der Waals surface area contributed by atoms with E-state index >= 15 is 0 Å². The van der Waals surface area contributed by atoms with Gasteiger partial charge in [0.2, 0.25) is 0 Å². The van der Waals surface area contributed by atoms with Crippen molar-refractivity contribution in [2.45, 2.75) is 38.9 Å². The molecular formula is C22H23F4N3O3. The van der Waals surface area contributed by atoms with Crippen molar-refractivity contribution in [1.82, 2.24) is 9.88 Å². The van der Waals surface area contributed by atoms with Gasteiger partial charge in [-0.1, -0.05) is 25.5 Å². The summed E-state index contributed by atoms with van der Waals surface area (Å²) in [5.41, 5.74) is -0.881. The molecule has 0 bridgehead atoms. The van der Waals surface area contributed by atoms with Gasteiger partial charge in [-0.2, -0.15) is 13.2 Å². The Labute approximate surface area is 182 Å². The zero-order valence-corrected chi connectivity index (χ0v) is 17.7. The molecule has 32 heavy (non-hydrogen) atoms. The second-order valence-corrected chi connectivity index (χ2v) is 7.37. The van der Waals surface area contributed by atoms with Gasteiger partial charge >= 0.3 is 12.2 Å². The highest BCUT2D eigenvalue weighted by Crippen LogP contribution is 2.33. The van der Waals surface area contributed by atoms with E-state index in [0.717, 1.165) is 4.90 Å². The van der Waals surface area contributed by atoms with Gasteiger partial charge in [0.1, 0.15) is 5.75 Å². The number of urea groups is 1. The van der Waals surface area contributed by atoms with Crippen molar-refractivity contribution in [3.63, 3.8) is 0 Å². The van der Waals surface area contributed by atoms with Crippen LogP contribution in [0.2, 0.25) is 0 Å². The topological polar surface area (TPSA) is 62.7 Å². The molecule has 2 aromatic rings. The fraction of sp³-hybridized carbons (Fsp3) is 0.409. The Morgan fingerprint density at radius 1 is 1.25 bits per heavy atom. The predicted molar refractivity (Wildman–Crippen MR) is 109 cm³/mol. The largest absolute Gasteiger partial charge is 0.494 e. The number of rotatable bonds is 8. The van der Waals surface area contributed by atoms with E-state index in [1.807, 2.05) is 13.8 Å². The molecule has 0 unspecified atom stereocenters. The van der Waals surface area contributed by atoms with Crippen LogP contribution < -0.4 is 9.64 Å². The maximum absolute atomic E-state index is 14.4. The average Bonchev–Trinajstić information content (AvgIpc) is 3.03. The van der Waals surface area contributed by atoms with Gasteiger partial charge in [0.25, 0.3) is 0 Å². The predicted octanol–water partition coefficient (Wildman–Crippen LogP) is 4.93. The average molecular weight is 453 g/mol. The van der Waals surface area contributed by atoms with E-state index in [-0.39, 0.29) is 18.9 Å². The summed E-state index contributed by atoms with van der Waals surface area (Å²) in [4.78, 5) is 31.7. The van der Waals surface area contributed by atoms with Crippen LogP contribution in [0, 0.1) is 5.82 Å². The summed E-state index contributed by atoms with van der Waals surface area (Å²) in [5.74, 6) is -1.55. The van der Waals surface area contributed by atoms with Crippen LogP contribution in [0.3, 0.4) is 0 Å². The number of Topliss-reactive ketones (excluding diaryl/α,β-unsaturated/α-hetero) is 1. The lowest BCUT2D eigenvalue weighted by Gasteiger charge is -2.22. The molecular weight excluding hydrogens is 430 g/mol. The third-order valence-corrected chi connectivity index (χ3v) is 5.12. The van der Waals surface area contributed by atoms with Gasteiger partial charge in [-0.3, -0.25) is 9.69 Å². The van der Waals surface area contributed by atoms with Crippen LogP contribution in [-0.4, -0.2) is 47.4 Å². The molecule has 1 aromatic carbocycles. The Hall–Kier alpha value is -3.17. The monoisotopic (exact) mass is 453 g/mol. The van der Waals surface area contributed by atoms with Crippen LogP contribution in [0.15, 0.2) is 36.5 Å². The normalized spacial score (nSPS) is 16.6. The van der Waals surface area contributed by atoms with Crippen LogP contribution in [-0.2, 0) is 6.18 Å². The fourth-order valence-corrected chi connectivity index (χ4v) is 3.61. The third-order valence-electron chi connectivity index (χ3n) is 5.12. The van der Waals surface area contributed by atoms with Gasteiger partial charge in [0, 0.05) is 18.3 Å². The molecule has 2 amide bonds. The number of nitrogens with zero attached hydrogens (tertiary/aromatic N) is 3. The number of amides is 2. The van der Waals surface area contributed by atoms with E-state index in [2.05, 4.69) is 4.98 Å². The number of anilines is 1. The zero-order chi connectivity index (χ0) is 23.5. The minimum atomic E-state index is -4.75. The number of halogens is 4. The lowest BCUT2D eigenvalue weighted by Crippen LogP contribution is -2.39. The Kier molecular flexibility index (Phi) is 7.00. The van der Waals surface area contributed by atoms with Crippen molar-refractivity contribution in [3.8, 4) is 5.75 Å². The number of benzene rings is 1. The number of carbonyl (C=O) groups is 2. The molecule has 1 aliphatic heterocycles. The number of aromatic nitrogens is 1. The second kappa shape index (κ2) is 9.54. The van der Waals surface area contributed by atoms with Crippen molar-refractivity contribution < 1.29 is 31.9 Å². The maximum atomic E-state index is 14.4. The summed E-state index contributed by atoms with van der Waals surface area (Å²) in [6, 6.07) is 5.80. The SMILES string of the molecule is CCC[C@H]1CN(c2ncc(C(F)(F)F)cc2F)C(=O)N1CC(=O)c1cccc(OCC)c1. The van der Waals surface area contributed by atoms with Gasteiger partial charge in [-0.25, -0.2) is 14.2 Å². The fourth-order valence-electron chi connectivity index (χ4n) is 3.61. The van der Waals surface area contributed by atoms with Gasteiger partial charge < -0.3 is 9.64 Å². The molecule has 0 saturated carbocycles. The number of pyridine rings is 1. The molecule has 2 heterocycles. The minimum absolute atomic E-state index is 0.0220. The summed E-state index contributed by atoms with van der Waals surface area (Å²) in [6.07, 6.45) is -3.02. The van der Waals surface area contributed by atoms with E-state index in [9.17, 15) is 27.2 Å². The standard InChI is InChI=1S/C22H23F4N3O3/c1-3-6-16-12-29(20-18(23)10-15(11-27-20)22(24,25)26)21(31)28(16)13-19(30)14-7-5-8-17(9-14)32-4-2/h5,7-11,16H,3-4,6,12-13H2,1-2H3/t16-/m0/s1. The zero-order valence-electron chi connectivity index (χ0n) is 17.7. The highest BCUT2D eigenvalue weighted by Gasteiger charge is 2.41. The first-order valence-corrected chi connectivity index (χ1v) is 10.2. The lowest BCUT2D eigenvalue weighted by molar-refractivity contribution is -0.138. The number of ketones is 1. The van der Waals surface area contributed by atoms with E-state index in [0.29, 0.717) is 43.0 Å². The molecule has 0 radical (unpaired) electrons. The molecule has 6 nitrogen and oxygen atoms in total. The summed E-state index contributed by atoms with van der Waals surface area (Å²) in [7, 11) is 0. The number of hydrogen-bond acceptors (Lipinski definition) is 4. The van der Waals surface area contributed by atoms with Gasteiger partial charge in [0.15, 0.2) is 17.4 Å². The Morgan fingerprint density at radius 3 is 2.62 bits per heavy atom. The smallest absolute Gasteiger partial charge is 0.417 e. The van der Waals surface area contributed by atoms with Crippen LogP contribution in [0.25, 0.3) is 0 Å². The number of hydrogen-bond donors (Lipinski definition) is 0. The van der Waals surface area contributed by atoms with Crippen LogP contribution in [0.1, 0.15) is 42.6 Å². The second-order valence-electron chi connectivity index (χ2n) is 7.37. The molecule has 0 aliphatic carbocycles. The molecule has 0 N–H and O–H groups in total. The van der Waals surface area contributed by atoms with Crippen LogP contribution in [0.4, 0.5) is 28.2 Å². The quantitative estimate of drug-likeness (QED) is 0.420. The third kappa shape index (κ3) is 5.00. The first kappa shape index (κ1) is 23.5. The minimum Gasteiger partial charge on any atom is -0.494 e. The van der Waals surface area contributed by atoms with E-state index in [1.165, 1.54) is 4.90 Å². The molecule has 1 saturated heterocycles. The first-order chi connectivity index (χ1) is 15.2. The summed E-state index contributed by atoms with van der Waals surface area (Å²) >= 11 is 0. The highest BCUT2D eigenvalue weighted by molar-refractivity contribution is 6.02. The van der Waals surface area contributed by atoms with Gasteiger partial charge in [0.05, 0.1) is 24.8 Å². The van der Waals surface area contributed by atoms with Gasteiger partial charge in [-0.15, -0.1) is 0 Å². The lowest BCUT2D eigenvalue weighted by atomic mass is 10.1. The molecule has 1 atom stereocenters. The van der Waals surface area contributed by atoms with E-state index in [1.54, 1.807) is 24.3 Å². The number of alkyl halides is 3. The van der Waals surface area contributed by atoms with Crippen molar-refractivity contribution in [1.29, 1.82) is 0 Å². The number of carbonyl (C=O) groups excluding carboxylic acids is 2. The van der Waals surface area contributed by atoms with E-state index in [4.69, 9.17) is 4.74 Å². The molecule has 3 rings (SSSR count). The maximum Gasteiger partial charge on any atom is 0.417 e. The van der Waals surface area contributed by atoms with Crippen LogP contribution in [0.5, 0.6) is 5.75 Å². The van der Waals surface area contributed by atoms with Crippen molar-refractivity contribution >= 4 is 17.6 Å². The summed E-state index contributed by atoms with van der Waals surface area (Å²) in [6.45, 7) is 3.92. The summed E-state index contributed by atoms with van der Waals surface area (Å²) in [5, 5.41) is 0. The van der Waals surface area contributed by atoms with Gasteiger partial charge in [-0.05, 0) is 31.5 Å². The molecule has 10 heteroatoms. The number of ether oxygens (including phenoxy) is 1.